The van der Waals surface area contributed by atoms with Gasteiger partial charge in [0.1, 0.15) is 0 Å². The summed E-state index contributed by atoms with van der Waals surface area (Å²) in [5, 5.41) is 9.14. The summed E-state index contributed by atoms with van der Waals surface area (Å²) in [6.45, 7) is 8.58. The molecule has 0 aliphatic carbocycles. The summed E-state index contributed by atoms with van der Waals surface area (Å²) in [5.41, 5.74) is 0. The second-order valence-corrected chi connectivity index (χ2v) is 5.94. The normalized spacial score (nSPS) is 18.9. The van der Waals surface area contributed by atoms with Crippen LogP contribution in [0.4, 0.5) is 0 Å². The molecule has 1 amide bonds. The molecule has 7 heteroatoms. The van der Waals surface area contributed by atoms with E-state index in [1.807, 2.05) is 6.92 Å². The zero-order valence-corrected chi connectivity index (χ0v) is 17.2. The van der Waals surface area contributed by atoms with Gasteiger partial charge in [-0.25, -0.2) is 0 Å². The number of hydrogen-bond donors (Lipinski definition) is 3. The lowest BCUT2D eigenvalue weighted by molar-refractivity contribution is -0.120. The van der Waals surface area contributed by atoms with Gasteiger partial charge in [-0.05, 0) is 39.2 Å². The van der Waals surface area contributed by atoms with Crippen molar-refractivity contribution < 1.29 is 4.79 Å². The van der Waals surface area contributed by atoms with E-state index in [0.717, 1.165) is 32.5 Å². The molecule has 1 unspecified atom stereocenters. The van der Waals surface area contributed by atoms with Crippen molar-refractivity contribution >= 4 is 35.8 Å². The van der Waals surface area contributed by atoms with Crippen molar-refractivity contribution in [3.63, 3.8) is 0 Å². The van der Waals surface area contributed by atoms with E-state index in [1.165, 1.54) is 25.8 Å². The van der Waals surface area contributed by atoms with Gasteiger partial charge < -0.3 is 20.9 Å². The lowest BCUT2D eigenvalue weighted by Crippen LogP contribution is -2.44. The number of amides is 1. The van der Waals surface area contributed by atoms with Crippen LogP contribution in [0.5, 0.6) is 0 Å². The summed E-state index contributed by atoms with van der Waals surface area (Å²) >= 11 is 0. The number of hydrogen-bond acceptors (Lipinski definition) is 3. The number of carbonyl (C=O) groups excluding carboxylic acids is 1. The predicted molar refractivity (Wildman–Crippen MR) is 108 cm³/mol. The van der Waals surface area contributed by atoms with Crippen LogP contribution < -0.4 is 16.0 Å². The number of carbonyl (C=O) groups is 1. The van der Waals surface area contributed by atoms with E-state index in [4.69, 9.17) is 0 Å². The topological polar surface area (TPSA) is 68.8 Å². The molecule has 0 aromatic heterocycles. The van der Waals surface area contributed by atoms with Crippen LogP contribution in [0.25, 0.3) is 0 Å². The maximum atomic E-state index is 11.5. The number of nitrogens with zero attached hydrogens (tertiary/aromatic N) is 2. The first-order valence-electron chi connectivity index (χ1n) is 8.62. The van der Waals surface area contributed by atoms with E-state index in [-0.39, 0.29) is 36.4 Å². The second-order valence-electron chi connectivity index (χ2n) is 5.94. The van der Waals surface area contributed by atoms with Crippen LogP contribution in [0.1, 0.15) is 46.0 Å². The molecule has 1 aliphatic rings. The monoisotopic (exact) mass is 439 g/mol. The quantitative estimate of drug-likeness (QED) is 0.233. The van der Waals surface area contributed by atoms with Crippen LogP contribution in [-0.4, -0.2) is 62.6 Å². The number of halogens is 1. The van der Waals surface area contributed by atoms with Gasteiger partial charge in [-0.3, -0.25) is 9.79 Å². The Morgan fingerprint density at radius 2 is 2.00 bits per heavy atom. The number of aliphatic imine (C=N–C) groups is 1. The minimum absolute atomic E-state index is 0. The van der Waals surface area contributed by atoms with Gasteiger partial charge >= 0.3 is 0 Å². The number of rotatable bonds is 8. The van der Waals surface area contributed by atoms with Crippen molar-refractivity contribution in [1.29, 1.82) is 0 Å². The molecule has 6 nitrogen and oxygen atoms in total. The molecule has 0 bridgehead atoms. The molecule has 1 rings (SSSR count). The fourth-order valence-electron chi connectivity index (χ4n) is 2.69. The highest BCUT2D eigenvalue weighted by Gasteiger charge is 2.17. The fourth-order valence-corrected chi connectivity index (χ4v) is 2.69. The first-order valence-corrected chi connectivity index (χ1v) is 8.62. The molecule has 0 aromatic carbocycles. The first kappa shape index (κ1) is 22.4. The molecule has 1 atom stereocenters. The molecule has 136 valence electrons. The Morgan fingerprint density at radius 1 is 1.22 bits per heavy atom. The highest BCUT2D eigenvalue weighted by molar-refractivity contribution is 14.0. The zero-order valence-electron chi connectivity index (χ0n) is 14.9. The average molecular weight is 439 g/mol. The molecule has 3 N–H and O–H groups in total. The van der Waals surface area contributed by atoms with Gasteiger partial charge in [-0.1, -0.05) is 13.3 Å². The fraction of sp³-hybridized carbons (Fsp3) is 0.875. The number of guanidine groups is 1. The first-order chi connectivity index (χ1) is 10.7. The summed E-state index contributed by atoms with van der Waals surface area (Å²) < 4.78 is 0. The Morgan fingerprint density at radius 3 is 2.65 bits per heavy atom. The molecule has 0 saturated carbocycles. The standard InChI is InChI=1S/C16H33N5O.HI/c1-4-9-18-15(22)13-20-16(17-3)19-10-7-12-21-11-6-5-8-14(21)2;/h14H,4-13H2,1-3H3,(H,18,22)(H2,17,19,20);1H. The van der Waals surface area contributed by atoms with Crippen LogP contribution in [-0.2, 0) is 4.79 Å². The molecular weight excluding hydrogens is 405 g/mol. The Labute approximate surface area is 158 Å². The highest BCUT2D eigenvalue weighted by Crippen LogP contribution is 2.15. The van der Waals surface area contributed by atoms with Crippen molar-refractivity contribution in [2.24, 2.45) is 4.99 Å². The molecule has 1 saturated heterocycles. The molecular formula is C16H34IN5O. The Balaban J connectivity index is 0.00000484. The van der Waals surface area contributed by atoms with E-state index in [1.54, 1.807) is 7.05 Å². The third kappa shape index (κ3) is 10.0. The SMILES string of the molecule is CCCNC(=O)CNC(=NC)NCCCN1CCCCC1C.I. The van der Waals surface area contributed by atoms with Gasteiger partial charge in [-0.2, -0.15) is 0 Å². The van der Waals surface area contributed by atoms with Crippen LogP contribution in [0.3, 0.4) is 0 Å². The van der Waals surface area contributed by atoms with Gasteiger partial charge in [0.2, 0.25) is 5.91 Å². The van der Waals surface area contributed by atoms with E-state index in [2.05, 4.69) is 32.8 Å². The Bertz CT molecular complexity index is 351. The van der Waals surface area contributed by atoms with E-state index in [9.17, 15) is 4.79 Å². The van der Waals surface area contributed by atoms with Gasteiger partial charge in [0.15, 0.2) is 5.96 Å². The number of piperidine rings is 1. The average Bonchev–Trinajstić information content (AvgIpc) is 2.53. The summed E-state index contributed by atoms with van der Waals surface area (Å²) in [6, 6.07) is 0.716. The van der Waals surface area contributed by atoms with E-state index in [0.29, 0.717) is 12.0 Å². The lowest BCUT2D eigenvalue weighted by atomic mass is 10.0. The molecule has 1 fully saturated rings. The third-order valence-corrected chi connectivity index (χ3v) is 4.07. The summed E-state index contributed by atoms with van der Waals surface area (Å²) in [4.78, 5) is 18.2. The van der Waals surface area contributed by atoms with Crippen LogP contribution in [0.2, 0.25) is 0 Å². The highest BCUT2D eigenvalue weighted by atomic mass is 127. The van der Waals surface area contributed by atoms with Crippen molar-refractivity contribution in [1.82, 2.24) is 20.9 Å². The molecule has 0 spiro atoms. The Hall–Kier alpha value is -0.570. The molecule has 0 aromatic rings. The van der Waals surface area contributed by atoms with Gasteiger partial charge in [0, 0.05) is 32.7 Å². The van der Waals surface area contributed by atoms with Crippen LogP contribution in [0.15, 0.2) is 4.99 Å². The van der Waals surface area contributed by atoms with Gasteiger partial charge in [0.05, 0.1) is 6.54 Å². The largest absolute Gasteiger partial charge is 0.356 e. The van der Waals surface area contributed by atoms with Gasteiger partial charge in [-0.15, -0.1) is 24.0 Å². The Kier molecular flexibility index (Phi) is 13.5. The smallest absolute Gasteiger partial charge is 0.239 e. The maximum Gasteiger partial charge on any atom is 0.239 e. The molecule has 0 radical (unpaired) electrons. The van der Waals surface area contributed by atoms with Crippen molar-refractivity contribution in [2.75, 3.05) is 39.8 Å². The van der Waals surface area contributed by atoms with Crippen molar-refractivity contribution in [3.8, 4) is 0 Å². The molecule has 1 aliphatic heterocycles. The van der Waals surface area contributed by atoms with Crippen LogP contribution >= 0.6 is 24.0 Å². The lowest BCUT2D eigenvalue weighted by Gasteiger charge is -2.33. The third-order valence-electron chi connectivity index (χ3n) is 4.07. The molecule has 23 heavy (non-hydrogen) atoms. The van der Waals surface area contributed by atoms with E-state index < -0.39 is 0 Å². The number of likely N-dealkylation sites (tertiary alicyclic amines) is 1. The van der Waals surface area contributed by atoms with Crippen molar-refractivity contribution in [2.45, 2.75) is 52.0 Å². The molecule has 1 heterocycles. The maximum absolute atomic E-state index is 11.5. The number of nitrogens with one attached hydrogen (secondary N) is 3. The summed E-state index contributed by atoms with van der Waals surface area (Å²) in [5.74, 6) is 0.699. The second kappa shape index (κ2) is 13.8. The summed E-state index contributed by atoms with van der Waals surface area (Å²) in [6.07, 6.45) is 6.06. The van der Waals surface area contributed by atoms with E-state index >= 15 is 0 Å². The van der Waals surface area contributed by atoms with Crippen molar-refractivity contribution in [3.05, 3.63) is 0 Å². The minimum Gasteiger partial charge on any atom is -0.356 e. The van der Waals surface area contributed by atoms with Crippen LogP contribution in [0, 0.1) is 0 Å². The van der Waals surface area contributed by atoms with Gasteiger partial charge in [0.25, 0.3) is 0 Å². The predicted octanol–water partition coefficient (Wildman–Crippen LogP) is 1.56. The summed E-state index contributed by atoms with van der Waals surface area (Å²) in [7, 11) is 1.73. The zero-order chi connectivity index (χ0) is 16.2. The minimum atomic E-state index is 0.